The molecule has 0 unspecified atom stereocenters. The molecule has 0 aromatic heterocycles. The Balaban J connectivity index is 1.96. The Labute approximate surface area is 110 Å². The lowest BCUT2D eigenvalue weighted by Crippen LogP contribution is -2.14. The maximum absolute atomic E-state index is 13.4. The molecule has 4 heteroatoms. The monoisotopic (exact) mass is 262 g/mol. The van der Waals surface area contributed by atoms with E-state index in [2.05, 4.69) is 4.90 Å². The number of halogens is 2. The van der Waals surface area contributed by atoms with Crippen LogP contribution < -0.4 is 10.6 Å². The predicted molar refractivity (Wildman–Crippen MR) is 72.2 cm³/mol. The van der Waals surface area contributed by atoms with E-state index in [0.717, 1.165) is 23.5 Å². The highest BCUT2D eigenvalue weighted by Gasteiger charge is 2.21. The number of anilines is 2. The van der Waals surface area contributed by atoms with Crippen molar-refractivity contribution in [2.75, 3.05) is 10.6 Å². The van der Waals surface area contributed by atoms with Crippen molar-refractivity contribution in [3.05, 3.63) is 58.4 Å². The van der Waals surface area contributed by atoms with Crippen molar-refractivity contribution in [3.8, 4) is 0 Å². The van der Waals surface area contributed by atoms with Crippen molar-refractivity contribution < 1.29 is 4.39 Å². The fraction of sp³-hybridized carbons (Fsp3) is 0.143. The molecule has 0 aliphatic carbocycles. The molecule has 0 fully saturated rings. The van der Waals surface area contributed by atoms with Crippen LogP contribution in [0.4, 0.5) is 15.8 Å². The average Bonchev–Trinajstić information content (AvgIpc) is 2.73. The summed E-state index contributed by atoms with van der Waals surface area (Å²) in [5, 5.41) is 0.411. The van der Waals surface area contributed by atoms with E-state index in [1.807, 2.05) is 18.2 Å². The minimum atomic E-state index is -0.318. The Hall–Kier alpha value is -1.74. The van der Waals surface area contributed by atoms with Gasteiger partial charge < -0.3 is 10.6 Å². The normalized spacial score (nSPS) is 13.8. The molecule has 0 bridgehead atoms. The van der Waals surface area contributed by atoms with Crippen molar-refractivity contribution in [1.29, 1.82) is 0 Å². The lowest BCUT2D eigenvalue weighted by Gasteiger charge is -2.18. The maximum atomic E-state index is 13.4. The molecule has 0 spiro atoms. The van der Waals surface area contributed by atoms with Crippen LogP contribution in [0.2, 0.25) is 5.02 Å². The third-order valence-corrected chi connectivity index (χ3v) is 3.45. The van der Waals surface area contributed by atoms with Gasteiger partial charge in [-0.05, 0) is 35.4 Å². The van der Waals surface area contributed by atoms with Crippen molar-refractivity contribution in [2.24, 2.45) is 0 Å². The Morgan fingerprint density at radius 2 is 2.00 bits per heavy atom. The highest BCUT2D eigenvalue weighted by molar-refractivity contribution is 6.30. The molecular formula is C14H12ClFN2. The van der Waals surface area contributed by atoms with Gasteiger partial charge in [-0.3, -0.25) is 0 Å². The van der Waals surface area contributed by atoms with Gasteiger partial charge in [-0.1, -0.05) is 23.7 Å². The quantitative estimate of drug-likeness (QED) is 0.796. The molecule has 18 heavy (non-hydrogen) atoms. The third kappa shape index (κ3) is 1.91. The van der Waals surface area contributed by atoms with Crippen molar-refractivity contribution in [2.45, 2.75) is 13.1 Å². The number of hydrogen-bond donors (Lipinski definition) is 1. The average molecular weight is 263 g/mol. The third-order valence-electron chi connectivity index (χ3n) is 3.23. The Bertz CT molecular complexity index is 592. The zero-order valence-electron chi connectivity index (χ0n) is 9.66. The molecule has 0 saturated heterocycles. The molecule has 0 amide bonds. The Kier molecular flexibility index (Phi) is 2.63. The van der Waals surface area contributed by atoms with Crippen LogP contribution >= 0.6 is 11.6 Å². The standard InChI is InChI=1S/C14H12ClFN2/c15-10-4-11(16)6-12(5-10)18-7-9-2-1-3-14(17)13(9)8-18/h1-6H,7-8,17H2. The van der Waals surface area contributed by atoms with Gasteiger partial charge in [0.05, 0.1) is 0 Å². The van der Waals surface area contributed by atoms with E-state index in [1.165, 1.54) is 17.7 Å². The fourth-order valence-electron chi connectivity index (χ4n) is 2.35. The van der Waals surface area contributed by atoms with Crippen LogP contribution in [-0.2, 0) is 13.1 Å². The molecule has 0 atom stereocenters. The molecule has 2 N–H and O–H groups in total. The van der Waals surface area contributed by atoms with Crippen molar-refractivity contribution in [1.82, 2.24) is 0 Å². The number of nitrogens with zero attached hydrogens (tertiary/aromatic N) is 1. The van der Waals surface area contributed by atoms with Gasteiger partial charge in [-0.15, -0.1) is 0 Å². The van der Waals surface area contributed by atoms with Crippen molar-refractivity contribution in [3.63, 3.8) is 0 Å². The molecule has 1 aliphatic heterocycles. The molecule has 1 heterocycles. The summed E-state index contributed by atoms with van der Waals surface area (Å²) in [7, 11) is 0. The minimum Gasteiger partial charge on any atom is -0.398 e. The molecule has 2 nitrogen and oxygen atoms in total. The number of rotatable bonds is 1. The van der Waals surface area contributed by atoms with E-state index in [-0.39, 0.29) is 5.82 Å². The molecule has 3 rings (SSSR count). The van der Waals surface area contributed by atoms with E-state index < -0.39 is 0 Å². The van der Waals surface area contributed by atoms with E-state index >= 15 is 0 Å². The molecule has 1 aliphatic rings. The van der Waals surface area contributed by atoms with E-state index in [9.17, 15) is 4.39 Å². The molecule has 0 saturated carbocycles. The Morgan fingerprint density at radius 1 is 1.17 bits per heavy atom. The van der Waals surface area contributed by atoms with Gasteiger partial charge in [0.15, 0.2) is 0 Å². The fourth-order valence-corrected chi connectivity index (χ4v) is 2.57. The zero-order chi connectivity index (χ0) is 12.7. The Morgan fingerprint density at radius 3 is 2.72 bits per heavy atom. The van der Waals surface area contributed by atoms with Gasteiger partial charge in [0.2, 0.25) is 0 Å². The number of nitrogens with two attached hydrogens (primary N) is 1. The summed E-state index contributed by atoms with van der Waals surface area (Å²) >= 11 is 5.88. The summed E-state index contributed by atoms with van der Waals surface area (Å²) in [5.41, 5.74) is 9.84. The van der Waals surface area contributed by atoms with E-state index in [4.69, 9.17) is 17.3 Å². The molecule has 2 aromatic carbocycles. The second-order valence-corrected chi connectivity index (χ2v) is 4.91. The van der Waals surface area contributed by atoms with Crippen LogP contribution in [-0.4, -0.2) is 0 Å². The second-order valence-electron chi connectivity index (χ2n) is 4.47. The van der Waals surface area contributed by atoms with E-state index in [1.54, 1.807) is 6.07 Å². The summed E-state index contributed by atoms with van der Waals surface area (Å²) < 4.78 is 13.4. The number of benzene rings is 2. The highest BCUT2D eigenvalue weighted by Crippen LogP contribution is 2.32. The van der Waals surface area contributed by atoms with Crippen molar-refractivity contribution >= 4 is 23.0 Å². The summed E-state index contributed by atoms with van der Waals surface area (Å²) in [6.45, 7) is 1.43. The SMILES string of the molecule is Nc1cccc2c1CN(c1cc(F)cc(Cl)c1)C2. The zero-order valence-corrected chi connectivity index (χ0v) is 10.4. The summed E-state index contributed by atoms with van der Waals surface area (Å²) in [6, 6.07) is 10.5. The first kappa shape index (κ1) is 11.4. The predicted octanol–water partition coefficient (Wildman–Crippen LogP) is 3.58. The van der Waals surface area contributed by atoms with Crippen LogP contribution in [0.15, 0.2) is 36.4 Å². The topological polar surface area (TPSA) is 29.3 Å². The number of nitrogen functional groups attached to an aromatic ring is 1. The van der Waals surface area contributed by atoms with Crippen LogP contribution in [0.25, 0.3) is 0 Å². The minimum absolute atomic E-state index is 0.318. The summed E-state index contributed by atoms with van der Waals surface area (Å²) in [5.74, 6) is -0.318. The first-order valence-corrected chi connectivity index (χ1v) is 6.08. The van der Waals surface area contributed by atoms with Gasteiger partial charge in [0.25, 0.3) is 0 Å². The lowest BCUT2D eigenvalue weighted by molar-refractivity contribution is 0.627. The van der Waals surface area contributed by atoms with Gasteiger partial charge in [-0.2, -0.15) is 0 Å². The number of fused-ring (bicyclic) bond motifs is 1. The van der Waals surface area contributed by atoms with Gasteiger partial charge in [-0.25, -0.2) is 4.39 Å². The first-order chi connectivity index (χ1) is 8.63. The van der Waals surface area contributed by atoms with Crippen LogP contribution in [0.3, 0.4) is 0 Å². The van der Waals surface area contributed by atoms with Crippen LogP contribution in [0, 0.1) is 5.82 Å². The van der Waals surface area contributed by atoms with Gasteiger partial charge >= 0.3 is 0 Å². The van der Waals surface area contributed by atoms with Gasteiger partial charge in [0, 0.05) is 29.5 Å². The summed E-state index contributed by atoms with van der Waals surface area (Å²) in [6.07, 6.45) is 0. The van der Waals surface area contributed by atoms with E-state index in [0.29, 0.717) is 11.6 Å². The largest absolute Gasteiger partial charge is 0.398 e. The number of hydrogen-bond acceptors (Lipinski definition) is 2. The first-order valence-electron chi connectivity index (χ1n) is 5.71. The van der Waals surface area contributed by atoms with Crippen LogP contribution in [0.5, 0.6) is 0 Å². The molecule has 0 radical (unpaired) electrons. The highest BCUT2D eigenvalue weighted by atomic mass is 35.5. The second kappa shape index (κ2) is 4.18. The molecule has 2 aromatic rings. The maximum Gasteiger partial charge on any atom is 0.126 e. The van der Waals surface area contributed by atoms with Gasteiger partial charge in [0.1, 0.15) is 5.82 Å². The molecule has 92 valence electrons. The van der Waals surface area contributed by atoms with Crippen LogP contribution in [0.1, 0.15) is 11.1 Å². The molecular weight excluding hydrogens is 251 g/mol. The summed E-state index contributed by atoms with van der Waals surface area (Å²) in [4.78, 5) is 2.07. The smallest absolute Gasteiger partial charge is 0.126 e. The lowest BCUT2D eigenvalue weighted by atomic mass is 10.1.